The molecule has 0 heterocycles. The van der Waals surface area contributed by atoms with E-state index >= 15 is 0 Å². The molecular weight excluding hydrogens is 214 g/mol. The van der Waals surface area contributed by atoms with E-state index in [1.165, 1.54) is 0 Å². The molecule has 0 aromatic heterocycles. The zero-order valence-corrected chi connectivity index (χ0v) is 9.94. The number of anilines is 1. The van der Waals surface area contributed by atoms with Gasteiger partial charge in [-0.15, -0.1) is 0 Å². The van der Waals surface area contributed by atoms with Crippen LogP contribution >= 0.6 is 0 Å². The third-order valence-electron chi connectivity index (χ3n) is 2.50. The number of amides is 1. The minimum Gasteiger partial charge on any atom is -0.399 e. The standard InChI is InChI=1S/C13H17N3O/c1-10(8-14)9-16-13(17)7-6-11-4-2-3-5-12(11)15/h2-5,10H,6-7,9,15H2,1H3,(H,16,17). The van der Waals surface area contributed by atoms with Gasteiger partial charge in [0, 0.05) is 18.7 Å². The zero-order valence-electron chi connectivity index (χ0n) is 9.94. The largest absolute Gasteiger partial charge is 0.399 e. The fourth-order valence-electron chi connectivity index (χ4n) is 1.41. The molecule has 0 aliphatic carbocycles. The number of benzene rings is 1. The molecule has 0 aliphatic heterocycles. The van der Waals surface area contributed by atoms with Crippen LogP contribution in [0.15, 0.2) is 24.3 Å². The van der Waals surface area contributed by atoms with Gasteiger partial charge in [0.05, 0.1) is 12.0 Å². The summed E-state index contributed by atoms with van der Waals surface area (Å²) in [5, 5.41) is 11.3. The van der Waals surface area contributed by atoms with Gasteiger partial charge >= 0.3 is 0 Å². The fourth-order valence-corrected chi connectivity index (χ4v) is 1.41. The summed E-state index contributed by atoms with van der Waals surface area (Å²) in [7, 11) is 0. The normalized spacial score (nSPS) is 11.5. The highest BCUT2D eigenvalue weighted by molar-refractivity contribution is 5.76. The second kappa shape index (κ2) is 6.54. The van der Waals surface area contributed by atoms with Gasteiger partial charge < -0.3 is 11.1 Å². The average molecular weight is 231 g/mol. The summed E-state index contributed by atoms with van der Waals surface area (Å²) in [6, 6.07) is 9.58. The van der Waals surface area contributed by atoms with Crippen molar-refractivity contribution in [3.05, 3.63) is 29.8 Å². The zero-order chi connectivity index (χ0) is 12.7. The molecule has 1 rings (SSSR count). The number of nitrogens with two attached hydrogens (primary N) is 1. The van der Waals surface area contributed by atoms with Gasteiger partial charge in [-0.2, -0.15) is 5.26 Å². The van der Waals surface area contributed by atoms with Gasteiger partial charge in [-0.1, -0.05) is 18.2 Å². The number of hydrogen-bond donors (Lipinski definition) is 2. The summed E-state index contributed by atoms with van der Waals surface area (Å²) in [6.45, 7) is 2.18. The van der Waals surface area contributed by atoms with Crippen molar-refractivity contribution in [2.24, 2.45) is 5.92 Å². The van der Waals surface area contributed by atoms with Crippen LogP contribution in [0.25, 0.3) is 0 Å². The summed E-state index contributed by atoms with van der Waals surface area (Å²) in [6.07, 6.45) is 1.02. The van der Waals surface area contributed by atoms with Gasteiger partial charge in [-0.3, -0.25) is 4.79 Å². The first-order valence-electron chi connectivity index (χ1n) is 5.63. The molecule has 0 aliphatic rings. The number of para-hydroxylation sites is 1. The number of rotatable bonds is 5. The number of nitriles is 1. The number of carbonyl (C=O) groups is 1. The number of hydrogen-bond acceptors (Lipinski definition) is 3. The second-order valence-corrected chi connectivity index (χ2v) is 4.03. The van der Waals surface area contributed by atoms with Gasteiger partial charge in [-0.05, 0) is 25.0 Å². The number of nitrogens with one attached hydrogen (secondary N) is 1. The van der Waals surface area contributed by atoms with E-state index in [-0.39, 0.29) is 11.8 Å². The van der Waals surface area contributed by atoms with Crippen LogP contribution < -0.4 is 11.1 Å². The van der Waals surface area contributed by atoms with Gasteiger partial charge in [-0.25, -0.2) is 0 Å². The molecule has 1 aromatic carbocycles. The third kappa shape index (κ3) is 4.56. The quantitative estimate of drug-likeness (QED) is 0.753. The molecule has 17 heavy (non-hydrogen) atoms. The van der Waals surface area contributed by atoms with Gasteiger partial charge in [0.25, 0.3) is 0 Å². The minimum absolute atomic E-state index is 0.0460. The summed E-state index contributed by atoms with van der Waals surface area (Å²) < 4.78 is 0. The molecule has 0 radical (unpaired) electrons. The van der Waals surface area contributed by atoms with Crippen molar-refractivity contribution in [3.8, 4) is 6.07 Å². The molecule has 0 fully saturated rings. The molecule has 0 saturated carbocycles. The monoisotopic (exact) mass is 231 g/mol. The van der Waals surface area contributed by atoms with Crippen LogP contribution in [0, 0.1) is 17.2 Å². The van der Waals surface area contributed by atoms with E-state index in [0.29, 0.717) is 25.1 Å². The topological polar surface area (TPSA) is 78.9 Å². The van der Waals surface area contributed by atoms with Crippen LogP contribution in [0.3, 0.4) is 0 Å². The molecule has 3 N–H and O–H groups in total. The van der Waals surface area contributed by atoms with Crippen LogP contribution in [0.5, 0.6) is 0 Å². The SMILES string of the molecule is CC(C#N)CNC(=O)CCc1ccccc1N. The highest BCUT2D eigenvalue weighted by atomic mass is 16.1. The van der Waals surface area contributed by atoms with Crippen LogP contribution in [-0.2, 0) is 11.2 Å². The Morgan fingerprint density at radius 1 is 1.53 bits per heavy atom. The molecule has 0 spiro atoms. The second-order valence-electron chi connectivity index (χ2n) is 4.03. The minimum atomic E-state index is -0.152. The van der Waals surface area contributed by atoms with E-state index in [4.69, 9.17) is 11.0 Å². The van der Waals surface area contributed by atoms with E-state index in [1.807, 2.05) is 24.3 Å². The molecule has 0 bridgehead atoms. The molecule has 1 unspecified atom stereocenters. The van der Waals surface area contributed by atoms with Gasteiger partial charge in [0.15, 0.2) is 0 Å². The smallest absolute Gasteiger partial charge is 0.220 e. The molecule has 0 saturated heterocycles. The number of nitrogens with zero attached hydrogens (tertiary/aromatic N) is 1. The van der Waals surface area contributed by atoms with E-state index < -0.39 is 0 Å². The lowest BCUT2D eigenvalue weighted by molar-refractivity contribution is -0.121. The predicted octanol–water partition coefficient (Wildman–Crippen LogP) is 1.48. The molecular formula is C13H17N3O. The Bertz CT molecular complexity index is 423. The van der Waals surface area contributed by atoms with Crippen molar-refractivity contribution in [2.75, 3.05) is 12.3 Å². The lowest BCUT2D eigenvalue weighted by Crippen LogP contribution is -2.27. The van der Waals surface area contributed by atoms with E-state index in [1.54, 1.807) is 6.92 Å². The predicted molar refractivity (Wildman–Crippen MR) is 67.0 cm³/mol. The Labute approximate surface area is 101 Å². The van der Waals surface area contributed by atoms with Crippen molar-refractivity contribution < 1.29 is 4.79 Å². The molecule has 4 heteroatoms. The lowest BCUT2D eigenvalue weighted by Gasteiger charge is -2.07. The summed E-state index contributed by atoms with van der Waals surface area (Å²) >= 11 is 0. The lowest BCUT2D eigenvalue weighted by atomic mass is 10.1. The highest BCUT2D eigenvalue weighted by Gasteiger charge is 2.06. The Balaban J connectivity index is 2.34. The molecule has 1 atom stereocenters. The van der Waals surface area contributed by atoms with Crippen LogP contribution in [0.1, 0.15) is 18.9 Å². The number of nitrogen functional groups attached to an aromatic ring is 1. The van der Waals surface area contributed by atoms with Crippen molar-refractivity contribution in [2.45, 2.75) is 19.8 Å². The maximum absolute atomic E-state index is 11.5. The van der Waals surface area contributed by atoms with Gasteiger partial charge in [0.2, 0.25) is 5.91 Å². The van der Waals surface area contributed by atoms with E-state index in [0.717, 1.165) is 5.56 Å². The molecule has 90 valence electrons. The van der Waals surface area contributed by atoms with Crippen LogP contribution in [0.2, 0.25) is 0 Å². The van der Waals surface area contributed by atoms with Crippen LogP contribution in [0.4, 0.5) is 5.69 Å². The average Bonchev–Trinajstić information content (AvgIpc) is 2.35. The Hall–Kier alpha value is -2.02. The van der Waals surface area contributed by atoms with E-state index in [2.05, 4.69) is 11.4 Å². The van der Waals surface area contributed by atoms with Crippen molar-refractivity contribution >= 4 is 11.6 Å². The first-order valence-corrected chi connectivity index (χ1v) is 5.63. The molecule has 1 amide bonds. The maximum Gasteiger partial charge on any atom is 0.220 e. The van der Waals surface area contributed by atoms with Crippen LogP contribution in [-0.4, -0.2) is 12.5 Å². The van der Waals surface area contributed by atoms with Crippen molar-refractivity contribution in [3.63, 3.8) is 0 Å². The maximum atomic E-state index is 11.5. The summed E-state index contributed by atoms with van der Waals surface area (Å²) in [4.78, 5) is 11.5. The first-order chi connectivity index (χ1) is 8.13. The highest BCUT2D eigenvalue weighted by Crippen LogP contribution is 2.12. The fraction of sp³-hybridized carbons (Fsp3) is 0.385. The van der Waals surface area contributed by atoms with E-state index in [9.17, 15) is 4.79 Å². The first kappa shape index (κ1) is 13.0. The van der Waals surface area contributed by atoms with Crippen molar-refractivity contribution in [1.82, 2.24) is 5.32 Å². The van der Waals surface area contributed by atoms with Gasteiger partial charge in [0.1, 0.15) is 0 Å². The Morgan fingerprint density at radius 3 is 2.88 bits per heavy atom. The molecule has 4 nitrogen and oxygen atoms in total. The number of aryl methyl sites for hydroxylation is 1. The third-order valence-corrected chi connectivity index (χ3v) is 2.50. The summed E-state index contributed by atoms with van der Waals surface area (Å²) in [5.41, 5.74) is 7.47. The Kier molecular flexibility index (Phi) is 5.02. The van der Waals surface area contributed by atoms with Crippen molar-refractivity contribution in [1.29, 1.82) is 5.26 Å². The molecule has 1 aromatic rings. The summed E-state index contributed by atoms with van der Waals surface area (Å²) in [5.74, 6) is -0.198. The Morgan fingerprint density at radius 2 is 2.24 bits per heavy atom. The number of carbonyl (C=O) groups excluding carboxylic acids is 1.